The van der Waals surface area contributed by atoms with Gasteiger partial charge in [-0.25, -0.2) is 0 Å². The quantitative estimate of drug-likeness (QED) is 0.285. The van der Waals surface area contributed by atoms with Crippen LogP contribution >= 0.6 is 14.4 Å². The van der Waals surface area contributed by atoms with Crippen molar-refractivity contribution in [1.82, 2.24) is 0 Å². The predicted octanol–water partition coefficient (Wildman–Crippen LogP) is 8.97. The molecule has 5 rings (SSSR count). The van der Waals surface area contributed by atoms with Crippen LogP contribution in [-0.2, 0) is 0 Å². The van der Waals surface area contributed by atoms with Crippen LogP contribution in [0.2, 0.25) is 0 Å². The van der Waals surface area contributed by atoms with Crippen molar-refractivity contribution in [3.8, 4) is 32.3 Å². The van der Waals surface area contributed by atoms with Crippen molar-refractivity contribution in [3.05, 3.63) is 121 Å². The second kappa shape index (κ2) is 7.69. The molecular formula is C26H20P2. The summed E-state index contributed by atoms with van der Waals surface area (Å²) in [5.74, 6) is 0. The Balaban J connectivity index is 1.85. The van der Waals surface area contributed by atoms with Gasteiger partial charge in [0, 0.05) is 21.2 Å². The molecule has 28 heavy (non-hydrogen) atoms. The highest BCUT2D eigenvalue weighted by atomic mass is 31.9. The van der Waals surface area contributed by atoms with Gasteiger partial charge in [-0.05, 0) is 11.1 Å². The van der Waals surface area contributed by atoms with Crippen LogP contribution in [0.4, 0.5) is 0 Å². The number of hydrogen-bond acceptors (Lipinski definition) is 0. The molecule has 2 atom stereocenters. The Morgan fingerprint density at radius 2 is 0.607 bits per heavy atom. The second-order valence-corrected chi connectivity index (χ2v) is 12.3. The molecule has 0 saturated heterocycles. The SMILES string of the molecule is c1ccc(-c2c(-c3ccccc3)p(-c3ccccc3)p2-c2ccccc2)cc1. The van der Waals surface area contributed by atoms with Crippen LogP contribution in [-0.4, -0.2) is 0 Å². The Kier molecular flexibility index (Phi) is 4.76. The number of hydrogen-bond donors (Lipinski definition) is 0. The molecule has 5 aromatic rings. The first kappa shape index (κ1) is 17.3. The van der Waals surface area contributed by atoms with E-state index in [4.69, 9.17) is 0 Å². The minimum absolute atomic E-state index is 0.391. The van der Waals surface area contributed by atoms with E-state index in [-0.39, 0.29) is 0 Å². The zero-order valence-electron chi connectivity index (χ0n) is 15.4. The van der Waals surface area contributed by atoms with Crippen molar-refractivity contribution in [3.63, 3.8) is 0 Å². The zero-order chi connectivity index (χ0) is 18.8. The molecule has 0 N–H and O–H groups in total. The third-order valence-corrected chi connectivity index (χ3v) is 12.7. The summed E-state index contributed by atoms with van der Waals surface area (Å²) in [4.78, 5) is 0. The monoisotopic (exact) mass is 394 g/mol. The summed E-state index contributed by atoms with van der Waals surface area (Å²) in [6.45, 7) is 0. The summed E-state index contributed by atoms with van der Waals surface area (Å²) in [5.41, 5.74) is 2.73. The third kappa shape index (κ3) is 3.06. The summed E-state index contributed by atoms with van der Waals surface area (Å²) in [7, 11) is -0.782. The molecule has 0 bridgehead atoms. The van der Waals surface area contributed by atoms with Crippen molar-refractivity contribution in [1.29, 1.82) is 0 Å². The molecule has 0 spiro atoms. The number of benzene rings is 4. The maximum absolute atomic E-state index is 2.31. The van der Waals surface area contributed by atoms with Crippen LogP contribution in [0.3, 0.4) is 0 Å². The largest absolute Gasteiger partial charge is 0.0622 e. The topological polar surface area (TPSA) is 0 Å². The molecule has 4 aromatic carbocycles. The first-order valence-corrected chi connectivity index (χ1v) is 12.9. The van der Waals surface area contributed by atoms with Gasteiger partial charge in [-0.2, -0.15) is 0 Å². The molecule has 2 heteroatoms. The van der Waals surface area contributed by atoms with Crippen LogP contribution in [0.25, 0.3) is 32.3 Å². The molecule has 0 radical (unpaired) electrons. The summed E-state index contributed by atoms with van der Waals surface area (Å²) >= 11 is 0. The normalized spacial score (nSPS) is 12.1. The summed E-state index contributed by atoms with van der Waals surface area (Å²) in [5, 5.41) is 6.04. The molecular weight excluding hydrogens is 374 g/mol. The Morgan fingerprint density at radius 3 is 0.929 bits per heavy atom. The summed E-state index contributed by atoms with van der Waals surface area (Å²) in [6.07, 6.45) is 0. The highest BCUT2D eigenvalue weighted by Crippen LogP contribution is 2.78. The van der Waals surface area contributed by atoms with E-state index in [2.05, 4.69) is 121 Å². The van der Waals surface area contributed by atoms with Gasteiger partial charge in [-0.15, -0.1) is 0 Å². The van der Waals surface area contributed by atoms with Gasteiger partial charge in [-0.3, -0.25) is 0 Å². The minimum Gasteiger partial charge on any atom is -0.0622 e. The van der Waals surface area contributed by atoms with E-state index < -0.39 is 14.4 Å². The molecule has 0 nitrogen and oxygen atoms in total. The lowest BCUT2D eigenvalue weighted by Crippen LogP contribution is -1.88. The fourth-order valence-corrected chi connectivity index (χ4v) is 12.0. The van der Waals surface area contributed by atoms with E-state index in [1.807, 2.05) is 0 Å². The fraction of sp³-hybridized carbons (Fsp3) is 0. The van der Waals surface area contributed by atoms with Gasteiger partial charge < -0.3 is 0 Å². The Morgan fingerprint density at radius 1 is 0.321 bits per heavy atom. The average Bonchev–Trinajstić information content (AvgIpc) is 2.76. The lowest BCUT2D eigenvalue weighted by Gasteiger charge is -2.29. The van der Waals surface area contributed by atoms with Gasteiger partial charge >= 0.3 is 0 Å². The highest BCUT2D eigenvalue weighted by molar-refractivity contribution is 8.20. The lowest BCUT2D eigenvalue weighted by molar-refractivity contribution is 1.67. The van der Waals surface area contributed by atoms with Crippen molar-refractivity contribution in [2.24, 2.45) is 0 Å². The van der Waals surface area contributed by atoms with Gasteiger partial charge in [0.1, 0.15) is 0 Å². The zero-order valence-corrected chi connectivity index (χ0v) is 17.2. The third-order valence-electron chi connectivity index (χ3n) is 4.94. The molecule has 0 aliphatic rings. The molecule has 2 unspecified atom stereocenters. The first-order valence-electron chi connectivity index (χ1n) is 9.49. The molecule has 0 fully saturated rings. The van der Waals surface area contributed by atoms with Crippen LogP contribution < -0.4 is 0 Å². The van der Waals surface area contributed by atoms with E-state index in [0.29, 0.717) is 0 Å². The van der Waals surface area contributed by atoms with E-state index in [0.717, 1.165) is 0 Å². The average molecular weight is 394 g/mol. The van der Waals surface area contributed by atoms with Gasteiger partial charge in [0.25, 0.3) is 0 Å². The van der Waals surface area contributed by atoms with Gasteiger partial charge in [0.05, 0.1) is 0 Å². The lowest BCUT2D eigenvalue weighted by atomic mass is 10.1. The molecule has 0 amide bonds. The van der Waals surface area contributed by atoms with E-state index in [9.17, 15) is 0 Å². The summed E-state index contributed by atoms with van der Waals surface area (Å²) < 4.78 is 0. The molecule has 134 valence electrons. The maximum Gasteiger partial charge on any atom is 0.0221 e. The van der Waals surface area contributed by atoms with Crippen molar-refractivity contribution in [2.75, 3.05) is 0 Å². The Labute approximate surface area is 168 Å². The molecule has 1 aromatic heterocycles. The van der Waals surface area contributed by atoms with E-state index >= 15 is 0 Å². The number of rotatable bonds is 4. The van der Waals surface area contributed by atoms with Crippen LogP contribution in [0.5, 0.6) is 0 Å². The van der Waals surface area contributed by atoms with E-state index in [1.165, 1.54) is 21.7 Å². The molecule has 0 aliphatic heterocycles. The summed E-state index contributed by atoms with van der Waals surface area (Å²) in [6, 6.07) is 44.2. The molecule has 1 heterocycles. The van der Waals surface area contributed by atoms with Gasteiger partial charge in [0.15, 0.2) is 0 Å². The van der Waals surface area contributed by atoms with Crippen molar-refractivity contribution < 1.29 is 0 Å². The first-order chi connectivity index (χ1) is 13.9. The fourth-order valence-electron chi connectivity index (χ4n) is 3.69. The maximum atomic E-state index is 2.31. The van der Waals surface area contributed by atoms with Crippen LogP contribution in [0.1, 0.15) is 0 Å². The Bertz CT molecular complexity index is 962. The smallest absolute Gasteiger partial charge is 0.0221 e. The highest BCUT2D eigenvalue weighted by Gasteiger charge is 2.27. The Hall–Kier alpha value is -2.78. The van der Waals surface area contributed by atoms with Crippen molar-refractivity contribution in [2.45, 2.75) is 0 Å². The standard InChI is InChI=1S/C26H20P2/c1-5-13-21(14-6-1)25-26(22-15-7-2-8-16-22)28(24-19-11-4-12-20-24)27(25)23-17-9-3-10-18-23/h1-20H. The van der Waals surface area contributed by atoms with Crippen LogP contribution in [0, 0.1) is 0 Å². The molecule has 0 aliphatic carbocycles. The minimum atomic E-state index is -0.391. The van der Waals surface area contributed by atoms with Crippen LogP contribution in [0.15, 0.2) is 121 Å². The van der Waals surface area contributed by atoms with Gasteiger partial charge in [0.2, 0.25) is 0 Å². The predicted molar refractivity (Wildman–Crippen MR) is 125 cm³/mol. The van der Waals surface area contributed by atoms with E-state index in [1.54, 1.807) is 10.6 Å². The van der Waals surface area contributed by atoms with Gasteiger partial charge in [-0.1, -0.05) is 136 Å². The molecule has 0 saturated carbocycles. The second-order valence-electron chi connectivity index (χ2n) is 6.72. The van der Waals surface area contributed by atoms with Crippen molar-refractivity contribution >= 4 is 14.4 Å².